The summed E-state index contributed by atoms with van der Waals surface area (Å²) in [6.07, 6.45) is 1.69. The minimum Gasteiger partial charge on any atom is -0.304 e. The van der Waals surface area contributed by atoms with Gasteiger partial charge in [-0.15, -0.1) is 0 Å². The van der Waals surface area contributed by atoms with Crippen LogP contribution in [0.5, 0.6) is 0 Å². The highest BCUT2D eigenvalue weighted by Gasteiger charge is 2.06. The number of nitrogens with zero attached hydrogens (tertiary/aromatic N) is 2. The number of aromatic nitrogens is 2. The predicted molar refractivity (Wildman–Crippen MR) is 73.2 cm³/mol. The Morgan fingerprint density at radius 3 is 2.67 bits per heavy atom. The summed E-state index contributed by atoms with van der Waals surface area (Å²) in [5.74, 6) is 0. The van der Waals surface area contributed by atoms with E-state index in [-0.39, 0.29) is 0 Å². The smallest absolute Gasteiger partial charge is 0.0769 e. The molecule has 1 atom stereocenters. The largest absolute Gasteiger partial charge is 0.304 e. The molecule has 1 unspecified atom stereocenters. The molecule has 0 amide bonds. The molecule has 0 aliphatic heterocycles. The highest BCUT2D eigenvalue weighted by molar-refractivity contribution is 5.31. The Kier molecular flexibility index (Phi) is 4.05. The average molecular weight is 241 g/mol. The molecular weight excluding hydrogens is 222 g/mol. The summed E-state index contributed by atoms with van der Waals surface area (Å²) in [5.41, 5.74) is 4.94. The Morgan fingerprint density at radius 1 is 1.17 bits per heavy atom. The molecule has 0 radical (unpaired) electrons. The molecular formula is C15H19N3. The van der Waals surface area contributed by atoms with Crippen LogP contribution in [-0.4, -0.2) is 10.2 Å². The second-order valence-electron chi connectivity index (χ2n) is 4.66. The van der Waals surface area contributed by atoms with E-state index in [0.29, 0.717) is 6.04 Å². The van der Waals surface area contributed by atoms with Crippen LogP contribution in [-0.2, 0) is 6.54 Å². The van der Waals surface area contributed by atoms with Gasteiger partial charge in [0.15, 0.2) is 0 Å². The monoisotopic (exact) mass is 241 g/mol. The zero-order valence-corrected chi connectivity index (χ0v) is 11.1. The summed E-state index contributed by atoms with van der Waals surface area (Å²) >= 11 is 0. The fraction of sp³-hybridized carbons (Fsp3) is 0.333. The van der Waals surface area contributed by atoms with Crippen LogP contribution < -0.4 is 5.32 Å². The molecule has 0 aliphatic rings. The Labute approximate surface area is 108 Å². The molecule has 3 nitrogen and oxygen atoms in total. The molecule has 1 heterocycles. The lowest BCUT2D eigenvalue weighted by atomic mass is 10.0. The van der Waals surface area contributed by atoms with Crippen molar-refractivity contribution < 1.29 is 0 Å². The van der Waals surface area contributed by atoms with Gasteiger partial charge in [-0.3, -0.25) is 0 Å². The second kappa shape index (κ2) is 5.74. The van der Waals surface area contributed by atoms with E-state index >= 15 is 0 Å². The fourth-order valence-corrected chi connectivity index (χ4v) is 1.84. The standard InChI is InChI=1S/C15H19N3/c1-11-6-7-14(9-12(11)2)13(3)16-10-15-5-4-8-17-18-15/h4-9,13,16H,10H2,1-3H3. The van der Waals surface area contributed by atoms with Crippen LogP contribution >= 0.6 is 0 Å². The lowest BCUT2D eigenvalue weighted by Crippen LogP contribution is -2.19. The summed E-state index contributed by atoms with van der Waals surface area (Å²) in [6.45, 7) is 7.19. The number of benzene rings is 1. The predicted octanol–water partition coefficient (Wildman–Crippen LogP) is 2.94. The molecule has 0 bridgehead atoms. The van der Waals surface area contributed by atoms with Gasteiger partial charge >= 0.3 is 0 Å². The van der Waals surface area contributed by atoms with E-state index in [0.717, 1.165) is 12.2 Å². The molecule has 2 rings (SSSR count). The minimum absolute atomic E-state index is 0.311. The molecule has 1 aromatic carbocycles. The number of hydrogen-bond acceptors (Lipinski definition) is 3. The van der Waals surface area contributed by atoms with Crippen LogP contribution in [0.25, 0.3) is 0 Å². The normalized spacial score (nSPS) is 12.4. The number of hydrogen-bond donors (Lipinski definition) is 1. The van der Waals surface area contributed by atoms with E-state index < -0.39 is 0 Å². The summed E-state index contributed by atoms with van der Waals surface area (Å²) in [7, 11) is 0. The number of nitrogens with one attached hydrogen (secondary N) is 1. The first-order valence-electron chi connectivity index (χ1n) is 6.24. The molecule has 0 saturated carbocycles. The summed E-state index contributed by atoms with van der Waals surface area (Å²) < 4.78 is 0. The summed E-state index contributed by atoms with van der Waals surface area (Å²) in [6, 6.07) is 10.8. The minimum atomic E-state index is 0.311. The van der Waals surface area contributed by atoms with Crippen molar-refractivity contribution in [2.45, 2.75) is 33.4 Å². The van der Waals surface area contributed by atoms with Gasteiger partial charge in [0.25, 0.3) is 0 Å². The van der Waals surface area contributed by atoms with Crippen LogP contribution in [0.1, 0.15) is 35.3 Å². The Hall–Kier alpha value is -1.74. The molecule has 0 aliphatic carbocycles. The van der Waals surface area contributed by atoms with Crippen LogP contribution in [0.2, 0.25) is 0 Å². The van der Waals surface area contributed by atoms with Crippen molar-refractivity contribution in [2.75, 3.05) is 0 Å². The summed E-state index contributed by atoms with van der Waals surface area (Å²) in [5, 5.41) is 11.4. The van der Waals surface area contributed by atoms with Gasteiger partial charge in [-0.2, -0.15) is 10.2 Å². The fourth-order valence-electron chi connectivity index (χ4n) is 1.84. The van der Waals surface area contributed by atoms with Crippen molar-refractivity contribution in [3.63, 3.8) is 0 Å². The van der Waals surface area contributed by atoms with Gasteiger partial charge in [-0.1, -0.05) is 18.2 Å². The number of rotatable bonds is 4. The van der Waals surface area contributed by atoms with E-state index in [9.17, 15) is 0 Å². The quantitative estimate of drug-likeness (QED) is 0.894. The first kappa shape index (κ1) is 12.7. The average Bonchev–Trinajstić information content (AvgIpc) is 2.40. The molecule has 0 spiro atoms. The van der Waals surface area contributed by atoms with E-state index in [1.165, 1.54) is 16.7 Å². The van der Waals surface area contributed by atoms with Crippen LogP contribution in [0, 0.1) is 13.8 Å². The van der Waals surface area contributed by atoms with Gasteiger partial charge in [-0.05, 0) is 49.6 Å². The molecule has 1 N–H and O–H groups in total. The van der Waals surface area contributed by atoms with Crippen LogP contribution in [0.4, 0.5) is 0 Å². The first-order valence-corrected chi connectivity index (χ1v) is 6.24. The Balaban J connectivity index is 1.99. The van der Waals surface area contributed by atoms with Gasteiger partial charge in [0, 0.05) is 18.8 Å². The second-order valence-corrected chi connectivity index (χ2v) is 4.66. The zero-order chi connectivity index (χ0) is 13.0. The zero-order valence-electron chi connectivity index (χ0n) is 11.1. The van der Waals surface area contributed by atoms with Crippen molar-refractivity contribution >= 4 is 0 Å². The van der Waals surface area contributed by atoms with E-state index in [1.807, 2.05) is 12.1 Å². The summed E-state index contributed by atoms with van der Waals surface area (Å²) in [4.78, 5) is 0. The molecule has 18 heavy (non-hydrogen) atoms. The maximum absolute atomic E-state index is 4.06. The van der Waals surface area contributed by atoms with Crippen molar-refractivity contribution in [3.8, 4) is 0 Å². The van der Waals surface area contributed by atoms with Crippen LogP contribution in [0.3, 0.4) is 0 Å². The van der Waals surface area contributed by atoms with E-state index in [2.05, 4.69) is 54.5 Å². The number of aryl methyl sites for hydroxylation is 2. The molecule has 3 heteroatoms. The van der Waals surface area contributed by atoms with Crippen LogP contribution in [0.15, 0.2) is 36.5 Å². The van der Waals surface area contributed by atoms with E-state index in [4.69, 9.17) is 0 Å². The molecule has 94 valence electrons. The SMILES string of the molecule is Cc1ccc(C(C)NCc2cccnn2)cc1C. The molecule has 2 aromatic rings. The molecule has 1 aromatic heterocycles. The lowest BCUT2D eigenvalue weighted by molar-refractivity contribution is 0.563. The third-order valence-corrected chi connectivity index (χ3v) is 3.25. The van der Waals surface area contributed by atoms with E-state index in [1.54, 1.807) is 6.20 Å². The molecule has 0 fully saturated rings. The highest BCUT2D eigenvalue weighted by Crippen LogP contribution is 2.16. The van der Waals surface area contributed by atoms with Gasteiger partial charge in [-0.25, -0.2) is 0 Å². The topological polar surface area (TPSA) is 37.8 Å². The van der Waals surface area contributed by atoms with Gasteiger partial charge in [0.1, 0.15) is 0 Å². The van der Waals surface area contributed by atoms with Crippen molar-refractivity contribution in [1.82, 2.24) is 15.5 Å². The Bertz CT molecular complexity index is 508. The van der Waals surface area contributed by atoms with Crippen molar-refractivity contribution in [2.24, 2.45) is 0 Å². The molecule has 0 saturated heterocycles. The lowest BCUT2D eigenvalue weighted by Gasteiger charge is -2.15. The van der Waals surface area contributed by atoms with Crippen molar-refractivity contribution in [3.05, 3.63) is 58.9 Å². The van der Waals surface area contributed by atoms with Crippen molar-refractivity contribution in [1.29, 1.82) is 0 Å². The highest BCUT2D eigenvalue weighted by atomic mass is 15.1. The maximum atomic E-state index is 4.06. The third-order valence-electron chi connectivity index (χ3n) is 3.25. The van der Waals surface area contributed by atoms with Gasteiger partial charge < -0.3 is 5.32 Å². The third kappa shape index (κ3) is 3.14. The van der Waals surface area contributed by atoms with Gasteiger partial charge in [0.05, 0.1) is 5.69 Å². The Morgan fingerprint density at radius 2 is 2.00 bits per heavy atom. The maximum Gasteiger partial charge on any atom is 0.0769 e. The van der Waals surface area contributed by atoms with Gasteiger partial charge in [0.2, 0.25) is 0 Å². The first-order chi connectivity index (χ1) is 8.66.